The van der Waals surface area contributed by atoms with Gasteiger partial charge in [0.2, 0.25) is 5.89 Å². The van der Waals surface area contributed by atoms with Crippen LogP contribution in [0.15, 0.2) is 52.9 Å². The van der Waals surface area contributed by atoms with E-state index in [1.807, 2.05) is 18.2 Å². The van der Waals surface area contributed by atoms with Crippen molar-refractivity contribution in [3.63, 3.8) is 0 Å². The number of nitrogens with two attached hydrogens (primary N) is 1. The summed E-state index contributed by atoms with van der Waals surface area (Å²) >= 11 is 6.33. The lowest BCUT2D eigenvalue weighted by Gasteiger charge is -2.36. The van der Waals surface area contributed by atoms with Crippen LogP contribution in [0, 0.1) is 12.3 Å². The van der Waals surface area contributed by atoms with Gasteiger partial charge >= 0.3 is 6.18 Å². The Bertz CT molecular complexity index is 1620. The lowest BCUT2D eigenvalue weighted by Crippen LogP contribution is -2.49. The lowest BCUT2D eigenvalue weighted by atomic mass is 10.1. The van der Waals surface area contributed by atoms with Crippen LogP contribution in [-0.4, -0.2) is 54.1 Å². The van der Waals surface area contributed by atoms with E-state index in [-0.39, 0.29) is 34.0 Å². The van der Waals surface area contributed by atoms with Gasteiger partial charge in [-0.3, -0.25) is 4.79 Å². The van der Waals surface area contributed by atoms with Gasteiger partial charge in [0.1, 0.15) is 23.0 Å². The minimum Gasteiger partial charge on any atom is -0.494 e. The van der Waals surface area contributed by atoms with Crippen LogP contribution in [0.25, 0.3) is 22.4 Å². The van der Waals surface area contributed by atoms with E-state index >= 15 is 0 Å². The summed E-state index contributed by atoms with van der Waals surface area (Å²) in [5, 5.41) is 0.899. The van der Waals surface area contributed by atoms with E-state index in [1.165, 1.54) is 19.2 Å². The molecule has 40 heavy (non-hydrogen) atoms. The number of amides is 1. The number of aromatic nitrogens is 2. The fraction of sp³-hybridized carbons (Fsp3) is 0.250. The fourth-order valence-corrected chi connectivity index (χ4v) is 4.85. The van der Waals surface area contributed by atoms with Crippen molar-refractivity contribution < 1.29 is 27.1 Å². The van der Waals surface area contributed by atoms with Gasteiger partial charge in [-0.15, -0.1) is 6.42 Å². The molecule has 0 spiro atoms. The molecule has 1 fully saturated rings. The molecular weight excluding hydrogens is 547 g/mol. The molecule has 0 aliphatic carbocycles. The molecule has 5 rings (SSSR count). The second-order valence-corrected chi connectivity index (χ2v) is 9.42. The molecule has 1 saturated heterocycles. The Kier molecular flexibility index (Phi) is 7.31. The number of anilines is 1. The maximum absolute atomic E-state index is 13.6. The number of methoxy groups -OCH3 is 1. The third kappa shape index (κ3) is 5.03. The number of alkyl halides is 3. The highest BCUT2D eigenvalue weighted by molar-refractivity contribution is 6.33. The van der Waals surface area contributed by atoms with E-state index in [0.717, 1.165) is 11.8 Å². The first-order chi connectivity index (χ1) is 19.1. The molecule has 0 radical (unpaired) electrons. The van der Waals surface area contributed by atoms with E-state index in [2.05, 4.69) is 20.8 Å². The minimum atomic E-state index is -4.65. The van der Waals surface area contributed by atoms with Crippen molar-refractivity contribution in [2.45, 2.75) is 12.2 Å². The van der Waals surface area contributed by atoms with Crippen LogP contribution in [0.4, 0.5) is 18.9 Å². The number of fused-ring (bicyclic) bond motifs is 1. The van der Waals surface area contributed by atoms with Crippen molar-refractivity contribution in [3.05, 3.63) is 70.7 Å². The Morgan fingerprint density at radius 2 is 1.85 bits per heavy atom. The molecular formula is C28H23ClF3N5O3. The number of terminal acetylenes is 1. The van der Waals surface area contributed by atoms with E-state index in [4.69, 9.17) is 32.9 Å². The number of carbonyl (C=O) groups is 1. The molecule has 1 aliphatic heterocycles. The predicted octanol–water partition coefficient (Wildman–Crippen LogP) is 5.17. The molecule has 2 N–H and O–H groups in total. The third-order valence-electron chi connectivity index (χ3n) is 6.64. The van der Waals surface area contributed by atoms with Crippen LogP contribution in [0.5, 0.6) is 5.75 Å². The molecule has 2 aromatic carbocycles. The van der Waals surface area contributed by atoms with Crippen molar-refractivity contribution in [3.8, 4) is 29.5 Å². The zero-order valence-electron chi connectivity index (χ0n) is 21.2. The number of hydrogen-bond acceptors (Lipinski definition) is 7. The van der Waals surface area contributed by atoms with Crippen LogP contribution in [0.1, 0.15) is 28.0 Å². The maximum Gasteiger partial charge on any atom is 0.433 e. The number of nitrogens with zero attached hydrogens (tertiary/aromatic N) is 4. The number of halogens is 4. The van der Waals surface area contributed by atoms with Gasteiger partial charge in [0.05, 0.1) is 17.8 Å². The second-order valence-electron chi connectivity index (χ2n) is 9.01. The molecule has 206 valence electrons. The molecule has 2 aromatic heterocycles. The number of carbonyl (C=O) groups excluding carboxylic acids is 1. The number of para-hydroxylation sites is 1. The van der Waals surface area contributed by atoms with Gasteiger partial charge in [-0.25, -0.2) is 9.97 Å². The Hall–Kier alpha value is -4.27. The Morgan fingerprint density at radius 1 is 1.12 bits per heavy atom. The number of piperazine rings is 1. The molecule has 0 bridgehead atoms. The van der Waals surface area contributed by atoms with Crippen LogP contribution < -0.4 is 15.4 Å². The van der Waals surface area contributed by atoms with Gasteiger partial charge in [0, 0.05) is 37.1 Å². The number of rotatable bonds is 5. The largest absolute Gasteiger partial charge is 0.494 e. The summed E-state index contributed by atoms with van der Waals surface area (Å²) in [6.45, 7) is 1.83. The first-order valence-corrected chi connectivity index (χ1v) is 12.6. The average molecular weight is 570 g/mol. The topological polar surface area (TPSA) is 97.7 Å². The number of ether oxygens (including phenoxy) is 1. The second kappa shape index (κ2) is 10.7. The van der Waals surface area contributed by atoms with Crippen LogP contribution in [0.2, 0.25) is 5.02 Å². The van der Waals surface area contributed by atoms with Crippen molar-refractivity contribution in [1.29, 1.82) is 0 Å². The molecule has 3 heterocycles. The summed E-state index contributed by atoms with van der Waals surface area (Å²) in [6.07, 6.45) is 0.890. The third-order valence-corrected chi connectivity index (χ3v) is 6.96. The molecule has 4 aromatic rings. The number of hydrogen-bond donors (Lipinski definition) is 1. The van der Waals surface area contributed by atoms with Gasteiger partial charge in [0.15, 0.2) is 11.5 Å². The van der Waals surface area contributed by atoms with Crippen molar-refractivity contribution >= 4 is 34.1 Å². The summed E-state index contributed by atoms with van der Waals surface area (Å²) in [7, 11) is 1.33. The van der Waals surface area contributed by atoms with E-state index < -0.39 is 23.8 Å². The number of benzene rings is 2. The highest BCUT2D eigenvalue weighted by atomic mass is 35.5. The highest BCUT2D eigenvalue weighted by Crippen LogP contribution is 2.37. The van der Waals surface area contributed by atoms with E-state index in [9.17, 15) is 18.0 Å². The van der Waals surface area contributed by atoms with Crippen molar-refractivity contribution in [2.24, 2.45) is 5.73 Å². The normalized spacial score (nSPS) is 14.7. The summed E-state index contributed by atoms with van der Waals surface area (Å²) in [5.74, 6) is 2.01. The smallest absolute Gasteiger partial charge is 0.433 e. The van der Waals surface area contributed by atoms with Gasteiger partial charge in [-0.05, 0) is 36.4 Å². The summed E-state index contributed by atoms with van der Waals surface area (Å²) in [6, 6.07) is 11.5. The fourth-order valence-electron chi connectivity index (χ4n) is 4.60. The molecule has 1 aliphatic rings. The van der Waals surface area contributed by atoms with Gasteiger partial charge in [0.25, 0.3) is 5.91 Å². The summed E-state index contributed by atoms with van der Waals surface area (Å²) < 4.78 is 51.2. The quantitative estimate of drug-likeness (QED) is 0.331. The molecule has 1 amide bonds. The Morgan fingerprint density at radius 3 is 2.50 bits per heavy atom. The zero-order valence-corrected chi connectivity index (χ0v) is 22.0. The van der Waals surface area contributed by atoms with Crippen LogP contribution in [-0.2, 0) is 6.18 Å². The van der Waals surface area contributed by atoms with Crippen LogP contribution >= 0.6 is 11.6 Å². The zero-order chi connectivity index (χ0) is 28.6. The molecule has 0 unspecified atom stereocenters. The van der Waals surface area contributed by atoms with Crippen LogP contribution in [0.3, 0.4) is 0 Å². The SMILES string of the molecule is C#C[C@H](N)c1oc(-c2ccc(OC)c3nc(C(F)(F)F)ccc23)nc1C(=O)N1CCN(c2ccccc2Cl)CC1. The Labute approximate surface area is 232 Å². The highest BCUT2D eigenvalue weighted by Gasteiger charge is 2.34. The predicted molar refractivity (Wildman–Crippen MR) is 144 cm³/mol. The van der Waals surface area contributed by atoms with Gasteiger partial charge in [-0.1, -0.05) is 29.7 Å². The molecule has 1 atom stereocenters. The molecule has 0 saturated carbocycles. The van der Waals surface area contributed by atoms with Crippen molar-refractivity contribution in [1.82, 2.24) is 14.9 Å². The van der Waals surface area contributed by atoms with Gasteiger partial charge < -0.3 is 24.7 Å². The number of oxazole rings is 1. The van der Waals surface area contributed by atoms with Crippen molar-refractivity contribution in [2.75, 3.05) is 38.2 Å². The average Bonchev–Trinajstić information content (AvgIpc) is 3.40. The van der Waals surface area contributed by atoms with E-state index in [0.29, 0.717) is 36.8 Å². The summed E-state index contributed by atoms with van der Waals surface area (Å²) in [4.78, 5) is 25.5. The van der Waals surface area contributed by atoms with E-state index in [1.54, 1.807) is 17.0 Å². The first kappa shape index (κ1) is 27.3. The lowest BCUT2D eigenvalue weighted by molar-refractivity contribution is -0.140. The monoisotopic (exact) mass is 569 g/mol. The first-order valence-electron chi connectivity index (χ1n) is 12.2. The Balaban J connectivity index is 1.50. The molecule has 12 heteroatoms. The minimum absolute atomic E-state index is 0.0140. The standard InChI is InChI=1S/C28H23ClF3N5O3/c1-3-19(33)25-24(27(38)37-14-12-36(13-15-37)20-7-5-4-6-18(20)29)35-26(40-25)17-8-10-21(39-2)23-16(17)9-11-22(34-23)28(30,31)32/h1,4-11,19H,12-15,33H2,2H3/t19-/m0/s1. The number of pyridine rings is 1. The maximum atomic E-state index is 13.6. The summed E-state index contributed by atoms with van der Waals surface area (Å²) in [5.41, 5.74) is 6.07. The molecule has 8 nitrogen and oxygen atoms in total. The van der Waals surface area contributed by atoms with Gasteiger partial charge in [-0.2, -0.15) is 13.2 Å².